The van der Waals surface area contributed by atoms with E-state index in [0.29, 0.717) is 11.5 Å². The Kier molecular flexibility index (Phi) is 3.84. The van der Waals surface area contributed by atoms with E-state index in [1.54, 1.807) is 19.1 Å². The average Bonchev–Trinajstić information content (AvgIpc) is 2.83. The van der Waals surface area contributed by atoms with Gasteiger partial charge < -0.3 is 19.9 Å². The molecule has 1 aliphatic heterocycles. The lowest BCUT2D eigenvalue weighted by atomic mass is 10.2. The predicted octanol–water partition coefficient (Wildman–Crippen LogP) is 0.926. The lowest BCUT2D eigenvalue weighted by Crippen LogP contribution is -2.33. The standard InChI is InChI=1S/C13H15NO4/c1-9(7-15)14-13(16)5-3-10-2-4-11-12(6-10)18-8-17-11/h2-6,9,15H,7-8H2,1H3,(H,14,16)/t9-/m0/s1. The molecule has 0 unspecified atom stereocenters. The summed E-state index contributed by atoms with van der Waals surface area (Å²) in [6, 6.07) is 5.20. The van der Waals surface area contributed by atoms with E-state index in [0.717, 1.165) is 5.56 Å². The predicted molar refractivity (Wildman–Crippen MR) is 66.3 cm³/mol. The van der Waals surface area contributed by atoms with Crippen molar-refractivity contribution < 1.29 is 19.4 Å². The summed E-state index contributed by atoms with van der Waals surface area (Å²) in [4.78, 5) is 11.5. The number of fused-ring (bicyclic) bond motifs is 1. The van der Waals surface area contributed by atoms with Gasteiger partial charge in [-0.15, -0.1) is 0 Å². The Balaban J connectivity index is 1.98. The normalized spacial score (nSPS) is 14.8. The summed E-state index contributed by atoms with van der Waals surface area (Å²) in [5, 5.41) is 11.4. The molecule has 18 heavy (non-hydrogen) atoms. The summed E-state index contributed by atoms with van der Waals surface area (Å²) in [7, 11) is 0. The minimum atomic E-state index is -0.251. The van der Waals surface area contributed by atoms with Gasteiger partial charge in [0.1, 0.15) is 0 Å². The SMILES string of the molecule is C[C@@H](CO)NC(=O)C=Cc1ccc2c(c1)OCO2. The number of rotatable bonds is 4. The molecule has 2 N–H and O–H groups in total. The number of hydrogen-bond donors (Lipinski definition) is 2. The van der Waals surface area contributed by atoms with E-state index in [2.05, 4.69) is 5.32 Å². The number of carbonyl (C=O) groups is 1. The Morgan fingerprint density at radius 3 is 3.06 bits per heavy atom. The van der Waals surface area contributed by atoms with Crippen LogP contribution in [0, 0.1) is 0 Å². The number of aliphatic hydroxyl groups excluding tert-OH is 1. The van der Waals surface area contributed by atoms with Gasteiger partial charge in [-0.2, -0.15) is 0 Å². The van der Waals surface area contributed by atoms with E-state index in [-0.39, 0.29) is 25.3 Å². The van der Waals surface area contributed by atoms with Gasteiger partial charge in [0, 0.05) is 12.1 Å². The molecule has 0 aliphatic carbocycles. The molecule has 0 spiro atoms. The zero-order valence-corrected chi connectivity index (χ0v) is 10.1. The zero-order valence-electron chi connectivity index (χ0n) is 10.1. The second kappa shape index (κ2) is 5.55. The van der Waals surface area contributed by atoms with E-state index >= 15 is 0 Å². The van der Waals surface area contributed by atoms with Crippen molar-refractivity contribution in [2.45, 2.75) is 13.0 Å². The number of aliphatic hydroxyl groups is 1. The van der Waals surface area contributed by atoms with Crippen molar-refractivity contribution >= 4 is 12.0 Å². The highest BCUT2D eigenvalue weighted by atomic mass is 16.7. The summed E-state index contributed by atoms with van der Waals surface area (Å²) in [5.74, 6) is 1.15. The van der Waals surface area contributed by atoms with E-state index in [1.165, 1.54) is 6.08 Å². The van der Waals surface area contributed by atoms with Gasteiger partial charge in [0.05, 0.1) is 6.61 Å². The second-order valence-electron chi connectivity index (χ2n) is 4.04. The number of carbonyl (C=O) groups excluding carboxylic acids is 1. The van der Waals surface area contributed by atoms with Crippen molar-refractivity contribution in [3.05, 3.63) is 29.8 Å². The monoisotopic (exact) mass is 249 g/mol. The van der Waals surface area contributed by atoms with Gasteiger partial charge in [-0.3, -0.25) is 4.79 Å². The van der Waals surface area contributed by atoms with Gasteiger partial charge in [-0.1, -0.05) is 6.07 Å². The van der Waals surface area contributed by atoms with Crippen LogP contribution in [0.15, 0.2) is 24.3 Å². The Hall–Kier alpha value is -2.01. The maximum atomic E-state index is 11.5. The fraction of sp³-hybridized carbons (Fsp3) is 0.308. The van der Waals surface area contributed by atoms with Crippen molar-refractivity contribution in [1.29, 1.82) is 0 Å². The van der Waals surface area contributed by atoms with Crippen LogP contribution in [0.5, 0.6) is 11.5 Å². The number of amides is 1. The largest absolute Gasteiger partial charge is 0.454 e. The molecule has 1 aliphatic rings. The van der Waals surface area contributed by atoms with Gasteiger partial charge in [0.15, 0.2) is 11.5 Å². The highest BCUT2D eigenvalue weighted by Gasteiger charge is 2.12. The van der Waals surface area contributed by atoms with Crippen LogP contribution in [0.1, 0.15) is 12.5 Å². The molecule has 0 bridgehead atoms. The maximum absolute atomic E-state index is 11.5. The van der Waals surface area contributed by atoms with E-state index in [4.69, 9.17) is 14.6 Å². The topological polar surface area (TPSA) is 67.8 Å². The zero-order chi connectivity index (χ0) is 13.0. The third kappa shape index (κ3) is 3.01. The molecule has 5 heteroatoms. The molecule has 96 valence electrons. The van der Waals surface area contributed by atoms with Crippen molar-refractivity contribution in [1.82, 2.24) is 5.32 Å². The Morgan fingerprint density at radius 1 is 1.50 bits per heavy atom. The molecule has 5 nitrogen and oxygen atoms in total. The smallest absolute Gasteiger partial charge is 0.244 e. The number of benzene rings is 1. The fourth-order valence-electron chi connectivity index (χ4n) is 1.53. The minimum absolute atomic E-state index is 0.0798. The molecule has 1 aromatic rings. The van der Waals surface area contributed by atoms with E-state index < -0.39 is 0 Å². The Bertz CT molecular complexity index is 470. The molecular formula is C13H15NO4. The van der Waals surface area contributed by atoms with Crippen molar-refractivity contribution in [2.75, 3.05) is 13.4 Å². The van der Waals surface area contributed by atoms with E-state index in [9.17, 15) is 4.79 Å². The van der Waals surface area contributed by atoms with Crippen LogP contribution in [0.2, 0.25) is 0 Å². The first-order chi connectivity index (χ1) is 8.69. The summed E-state index contributed by atoms with van der Waals surface area (Å²) >= 11 is 0. The van der Waals surface area contributed by atoms with Gasteiger partial charge in [0.2, 0.25) is 12.7 Å². The summed E-state index contributed by atoms with van der Waals surface area (Å²) in [6.45, 7) is 1.88. The van der Waals surface area contributed by atoms with Crippen molar-refractivity contribution in [2.24, 2.45) is 0 Å². The summed E-state index contributed by atoms with van der Waals surface area (Å²) in [5.41, 5.74) is 0.853. The van der Waals surface area contributed by atoms with Gasteiger partial charge in [0.25, 0.3) is 0 Å². The molecule has 1 heterocycles. The quantitative estimate of drug-likeness (QED) is 0.779. The number of ether oxygens (including phenoxy) is 2. The lowest BCUT2D eigenvalue weighted by Gasteiger charge is -2.07. The highest BCUT2D eigenvalue weighted by Crippen LogP contribution is 2.32. The summed E-state index contributed by atoms with van der Waals surface area (Å²) in [6.07, 6.45) is 3.10. The van der Waals surface area contributed by atoms with Crippen LogP contribution in [0.3, 0.4) is 0 Å². The fourth-order valence-corrected chi connectivity index (χ4v) is 1.53. The van der Waals surface area contributed by atoms with E-state index in [1.807, 2.05) is 12.1 Å². The average molecular weight is 249 g/mol. The molecule has 0 saturated carbocycles. The molecule has 1 atom stereocenters. The molecule has 0 radical (unpaired) electrons. The Labute approximate surface area is 105 Å². The van der Waals surface area contributed by atoms with Gasteiger partial charge in [-0.05, 0) is 30.7 Å². The lowest BCUT2D eigenvalue weighted by molar-refractivity contribution is -0.117. The molecule has 2 rings (SSSR count). The molecule has 0 aromatic heterocycles. The van der Waals surface area contributed by atoms with Crippen molar-refractivity contribution in [3.63, 3.8) is 0 Å². The van der Waals surface area contributed by atoms with Crippen LogP contribution >= 0.6 is 0 Å². The third-order valence-corrected chi connectivity index (χ3v) is 2.49. The molecule has 1 aromatic carbocycles. The van der Waals surface area contributed by atoms with Crippen molar-refractivity contribution in [3.8, 4) is 11.5 Å². The highest BCUT2D eigenvalue weighted by molar-refractivity contribution is 5.92. The van der Waals surface area contributed by atoms with Crippen LogP contribution in [0.4, 0.5) is 0 Å². The first kappa shape index (κ1) is 12.4. The van der Waals surface area contributed by atoms with Crippen LogP contribution in [-0.2, 0) is 4.79 Å². The molecule has 1 amide bonds. The second-order valence-corrected chi connectivity index (χ2v) is 4.04. The first-order valence-corrected chi connectivity index (χ1v) is 5.68. The Morgan fingerprint density at radius 2 is 2.28 bits per heavy atom. The summed E-state index contributed by atoms with van der Waals surface area (Å²) < 4.78 is 10.4. The molecular weight excluding hydrogens is 234 g/mol. The van der Waals surface area contributed by atoms with Gasteiger partial charge in [-0.25, -0.2) is 0 Å². The number of hydrogen-bond acceptors (Lipinski definition) is 4. The molecule has 0 fully saturated rings. The minimum Gasteiger partial charge on any atom is -0.454 e. The number of nitrogens with one attached hydrogen (secondary N) is 1. The first-order valence-electron chi connectivity index (χ1n) is 5.68. The molecule has 0 saturated heterocycles. The third-order valence-electron chi connectivity index (χ3n) is 2.49. The van der Waals surface area contributed by atoms with Gasteiger partial charge >= 0.3 is 0 Å². The van der Waals surface area contributed by atoms with Crippen LogP contribution in [-0.4, -0.2) is 30.5 Å². The maximum Gasteiger partial charge on any atom is 0.244 e. The van der Waals surface area contributed by atoms with Crippen LogP contribution < -0.4 is 14.8 Å². The van der Waals surface area contributed by atoms with Crippen LogP contribution in [0.25, 0.3) is 6.08 Å².